The van der Waals surface area contributed by atoms with Gasteiger partial charge < -0.3 is 0 Å². The first-order chi connectivity index (χ1) is 24.6. The number of rotatable bonds is 7. The standard InChI is InChI=1S/C34H19F16N3/c1-8(11(4)35)21(38)19(25(42)12(5)36)34-51-7-14(52-15(53-34)6-13-20(37)9(2)24(41)33(50)26(13)43)16-27(44)31(48)18(32(49)28(16)45)17-29(46)22(39)10(3)23(40)30(17)47/h6-7H2,1-5H3/b11-8+,21-19-,25-12-. The molecule has 0 spiro atoms. The number of amidine groups is 2. The third kappa shape index (κ3) is 6.99. The molecule has 0 unspecified atom stereocenters. The van der Waals surface area contributed by atoms with E-state index >= 15 is 30.7 Å². The smallest absolute Gasteiger partial charge is 0.195 e. The quantitative estimate of drug-likeness (QED) is 0.0993. The highest BCUT2D eigenvalue weighted by atomic mass is 19.2. The van der Waals surface area contributed by atoms with Crippen molar-refractivity contribution in [3.63, 3.8) is 0 Å². The van der Waals surface area contributed by atoms with Crippen molar-refractivity contribution >= 4 is 17.4 Å². The number of halogens is 16. The Kier molecular flexibility index (Phi) is 11.5. The summed E-state index contributed by atoms with van der Waals surface area (Å²) in [5.41, 5.74) is -14.4. The minimum atomic E-state index is -2.70. The van der Waals surface area contributed by atoms with Gasteiger partial charge in [-0.1, -0.05) is 0 Å². The second-order valence-electron chi connectivity index (χ2n) is 11.2. The molecule has 0 amide bonds. The van der Waals surface area contributed by atoms with Crippen molar-refractivity contribution in [1.29, 1.82) is 0 Å². The Morgan fingerprint density at radius 3 is 1.40 bits per heavy atom. The van der Waals surface area contributed by atoms with Crippen LogP contribution in [0, 0.1) is 83.7 Å². The van der Waals surface area contributed by atoms with Gasteiger partial charge in [0.05, 0.1) is 34.5 Å². The van der Waals surface area contributed by atoms with Crippen molar-refractivity contribution in [2.45, 2.75) is 41.0 Å². The van der Waals surface area contributed by atoms with Gasteiger partial charge in [0.15, 0.2) is 75.7 Å². The van der Waals surface area contributed by atoms with Crippen LogP contribution in [-0.2, 0) is 6.42 Å². The molecule has 0 atom stereocenters. The van der Waals surface area contributed by atoms with Gasteiger partial charge in [-0.15, -0.1) is 0 Å². The lowest BCUT2D eigenvalue weighted by atomic mass is 9.96. The van der Waals surface area contributed by atoms with Gasteiger partial charge in [-0.3, -0.25) is 4.99 Å². The molecule has 3 aromatic rings. The molecule has 0 fully saturated rings. The fourth-order valence-corrected chi connectivity index (χ4v) is 4.87. The van der Waals surface area contributed by atoms with E-state index in [1.54, 1.807) is 0 Å². The summed E-state index contributed by atoms with van der Waals surface area (Å²) in [5.74, 6) is -38.2. The minimum absolute atomic E-state index is 0.428. The van der Waals surface area contributed by atoms with E-state index in [0.29, 0.717) is 27.7 Å². The summed E-state index contributed by atoms with van der Waals surface area (Å²) in [6.07, 6.45) is -1.53. The fraction of sp³-hybridized carbons (Fsp3) is 0.206. The van der Waals surface area contributed by atoms with Crippen LogP contribution in [-0.4, -0.2) is 23.9 Å². The Labute approximate surface area is 288 Å². The topological polar surface area (TPSA) is 37.1 Å². The predicted octanol–water partition coefficient (Wildman–Crippen LogP) is 11.1. The van der Waals surface area contributed by atoms with Crippen LogP contribution in [0.4, 0.5) is 70.2 Å². The van der Waals surface area contributed by atoms with Gasteiger partial charge in [-0.25, -0.2) is 80.2 Å². The number of nitrogens with zero attached hydrogens (tertiary/aromatic N) is 3. The Bertz CT molecular complexity index is 2200. The number of allylic oxidation sites excluding steroid dienone is 4. The lowest BCUT2D eigenvalue weighted by Crippen LogP contribution is -2.18. The second kappa shape index (κ2) is 15.0. The molecule has 0 saturated heterocycles. The molecular weight excluding hydrogens is 754 g/mol. The maximum atomic E-state index is 15.7. The molecule has 0 bridgehead atoms. The first kappa shape index (κ1) is 40.5. The van der Waals surface area contributed by atoms with Gasteiger partial charge in [0.2, 0.25) is 0 Å². The Balaban J connectivity index is 2.10. The number of aliphatic imine (C=N–C) groups is 3. The van der Waals surface area contributed by atoms with Gasteiger partial charge in [0.1, 0.15) is 29.1 Å². The number of benzene rings is 3. The molecule has 0 saturated carbocycles. The van der Waals surface area contributed by atoms with Gasteiger partial charge in [0.25, 0.3) is 0 Å². The van der Waals surface area contributed by atoms with Crippen LogP contribution in [0.5, 0.6) is 0 Å². The summed E-state index contributed by atoms with van der Waals surface area (Å²) < 4.78 is 237. The molecule has 3 aromatic carbocycles. The Hall–Kier alpha value is -5.23. The SMILES string of the molecule is C\C(F)=C(F)/C(C1=NCC(c2c(F)c(F)c(-c3c(F)c(F)c(C)c(F)c3F)c(F)c2F)=NC(Cc2c(F)c(C)c(F)c(F)c2F)=N1)=C(F)\C(C)=C(/C)F. The molecule has 0 aromatic heterocycles. The van der Waals surface area contributed by atoms with Crippen molar-refractivity contribution < 1.29 is 70.2 Å². The van der Waals surface area contributed by atoms with E-state index in [-0.39, 0.29) is 0 Å². The molecule has 282 valence electrons. The third-order valence-corrected chi connectivity index (χ3v) is 7.88. The Morgan fingerprint density at radius 1 is 0.491 bits per heavy atom. The third-order valence-electron chi connectivity index (χ3n) is 7.88. The van der Waals surface area contributed by atoms with Crippen molar-refractivity contribution in [2.24, 2.45) is 15.0 Å². The van der Waals surface area contributed by atoms with E-state index < -0.39 is 168 Å². The van der Waals surface area contributed by atoms with E-state index in [1.165, 1.54) is 0 Å². The van der Waals surface area contributed by atoms with E-state index in [9.17, 15) is 39.5 Å². The number of hydrogen-bond donors (Lipinski definition) is 0. The Morgan fingerprint density at radius 2 is 0.925 bits per heavy atom. The van der Waals surface area contributed by atoms with Crippen LogP contribution in [0.1, 0.15) is 43.0 Å². The zero-order chi connectivity index (χ0) is 40.1. The molecule has 53 heavy (non-hydrogen) atoms. The molecule has 19 heteroatoms. The van der Waals surface area contributed by atoms with Crippen LogP contribution in [0.25, 0.3) is 11.1 Å². The average molecular weight is 774 g/mol. The highest BCUT2D eigenvalue weighted by Crippen LogP contribution is 2.39. The monoisotopic (exact) mass is 773 g/mol. The summed E-state index contributed by atoms with van der Waals surface area (Å²) in [6, 6.07) is 0. The molecule has 1 aliphatic rings. The molecule has 0 aliphatic carbocycles. The lowest BCUT2D eigenvalue weighted by molar-refractivity contribution is 0.421. The maximum Gasteiger partial charge on any atom is 0.195 e. The zero-order valence-corrected chi connectivity index (χ0v) is 27.3. The van der Waals surface area contributed by atoms with Crippen molar-refractivity contribution in [3.8, 4) is 11.1 Å². The number of hydrogen-bond acceptors (Lipinski definition) is 3. The van der Waals surface area contributed by atoms with Crippen molar-refractivity contribution in [2.75, 3.05) is 6.54 Å². The first-order valence-corrected chi connectivity index (χ1v) is 14.5. The average Bonchev–Trinajstić information content (AvgIpc) is 3.32. The molecule has 0 radical (unpaired) electrons. The van der Waals surface area contributed by atoms with Crippen LogP contribution in [0.2, 0.25) is 0 Å². The van der Waals surface area contributed by atoms with Crippen LogP contribution >= 0.6 is 0 Å². The van der Waals surface area contributed by atoms with Gasteiger partial charge in [-0.2, -0.15) is 0 Å². The second-order valence-corrected chi connectivity index (χ2v) is 11.2. The van der Waals surface area contributed by atoms with Gasteiger partial charge in [0, 0.05) is 28.7 Å². The van der Waals surface area contributed by atoms with Gasteiger partial charge in [-0.05, 0) is 34.6 Å². The highest BCUT2D eigenvalue weighted by Gasteiger charge is 2.36. The van der Waals surface area contributed by atoms with Gasteiger partial charge >= 0.3 is 0 Å². The molecule has 1 heterocycles. The van der Waals surface area contributed by atoms with Crippen LogP contribution < -0.4 is 0 Å². The summed E-state index contributed by atoms with van der Waals surface area (Å²) in [5, 5.41) is 0. The predicted molar refractivity (Wildman–Crippen MR) is 160 cm³/mol. The first-order valence-electron chi connectivity index (χ1n) is 14.5. The fourth-order valence-electron chi connectivity index (χ4n) is 4.87. The molecular formula is C34H19F16N3. The molecule has 0 N–H and O–H groups in total. The van der Waals surface area contributed by atoms with E-state index in [2.05, 4.69) is 15.0 Å². The normalized spacial score (nSPS) is 15.0. The van der Waals surface area contributed by atoms with Crippen molar-refractivity contribution in [3.05, 3.63) is 127 Å². The summed E-state index contributed by atoms with van der Waals surface area (Å²) in [6.45, 7) is 1.50. The van der Waals surface area contributed by atoms with Crippen LogP contribution in [0.3, 0.4) is 0 Å². The molecule has 4 rings (SSSR count). The van der Waals surface area contributed by atoms with Crippen LogP contribution in [0.15, 0.2) is 49.4 Å². The minimum Gasteiger partial charge on any atom is -0.259 e. The lowest BCUT2D eigenvalue weighted by Gasteiger charge is -2.15. The summed E-state index contributed by atoms with van der Waals surface area (Å²) in [4.78, 5) is 10.6. The van der Waals surface area contributed by atoms with Crippen molar-refractivity contribution in [1.82, 2.24) is 0 Å². The molecule has 1 aliphatic heterocycles. The van der Waals surface area contributed by atoms with E-state index in [1.807, 2.05) is 0 Å². The largest absolute Gasteiger partial charge is 0.259 e. The van der Waals surface area contributed by atoms with E-state index in [0.717, 1.165) is 6.92 Å². The summed E-state index contributed by atoms with van der Waals surface area (Å²) in [7, 11) is 0. The maximum absolute atomic E-state index is 15.7. The van der Waals surface area contributed by atoms with E-state index in [4.69, 9.17) is 0 Å². The highest BCUT2D eigenvalue weighted by molar-refractivity contribution is 6.17. The zero-order valence-electron chi connectivity index (χ0n) is 27.3. The molecule has 3 nitrogen and oxygen atoms in total. The summed E-state index contributed by atoms with van der Waals surface area (Å²) >= 11 is 0.